The number of pyridine rings is 1. The van der Waals surface area contributed by atoms with Gasteiger partial charge in [-0.1, -0.05) is 35.9 Å². The van der Waals surface area contributed by atoms with Crippen LogP contribution in [0.3, 0.4) is 0 Å². The molecule has 1 saturated heterocycles. The molecule has 2 atom stereocenters. The Morgan fingerprint density at radius 1 is 1.32 bits per heavy atom. The third kappa shape index (κ3) is 4.71. The van der Waals surface area contributed by atoms with Gasteiger partial charge in [0.2, 0.25) is 10.0 Å². The molecule has 1 aromatic carbocycles. The van der Waals surface area contributed by atoms with Crippen molar-refractivity contribution >= 4 is 27.4 Å². The Hall–Kier alpha value is -2.16. The molecule has 6 nitrogen and oxygen atoms in total. The smallest absolute Gasteiger partial charge is 0.242 e. The lowest BCUT2D eigenvalue weighted by Gasteiger charge is -2.34. The molecule has 9 heteroatoms. The van der Waals surface area contributed by atoms with Gasteiger partial charge in [0.25, 0.3) is 0 Å². The average molecular weight is 466 g/mol. The van der Waals surface area contributed by atoms with E-state index < -0.39 is 10.0 Å². The van der Waals surface area contributed by atoms with Gasteiger partial charge < -0.3 is 9.64 Å². The van der Waals surface area contributed by atoms with E-state index in [4.69, 9.17) is 16.3 Å². The molecule has 1 aromatic heterocycles. The number of anilines is 1. The van der Waals surface area contributed by atoms with Crippen LogP contribution in [0.1, 0.15) is 37.2 Å². The van der Waals surface area contributed by atoms with Gasteiger partial charge in [-0.2, -0.15) is 0 Å². The number of methoxy groups -OCH3 is 1. The Balaban J connectivity index is 1.54. The van der Waals surface area contributed by atoms with Gasteiger partial charge in [0.1, 0.15) is 10.7 Å². The van der Waals surface area contributed by atoms with Crippen LogP contribution in [0.2, 0.25) is 5.02 Å². The van der Waals surface area contributed by atoms with Crippen molar-refractivity contribution < 1.29 is 17.5 Å². The number of hydrogen-bond acceptors (Lipinski definition) is 5. The molecule has 2 heterocycles. The maximum atomic E-state index is 14.8. The van der Waals surface area contributed by atoms with Crippen molar-refractivity contribution in [1.82, 2.24) is 9.71 Å². The average Bonchev–Trinajstić information content (AvgIpc) is 3.26. The van der Waals surface area contributed by atoms with E-state index in [0.717, 1.165) is 25.7 Å². The number of rotatable bonds is 6. The molecule has 0 radical (unpaired) electrons. The van der Waals surface area contributed by atoms with Gasteiger partial charge in [0.15, 0.2) is 11.6 Å². The number of halogens is 2. The van der Waals surface area contributed by atoms with Crippen molar-refractivity contribution in [2.75, 3.05) is 25.1 Å². The highest BCUT2D eigenvalue weighted by molar-refractivity contribution is 7.89. The molecule has 1 aliphatic carbocycles. The van der Waals surface area contributed by atoms with E-state index in [0.29, 0.717) is 24.5 Å². The van der Waals surface area contributed by atoms with Crippen molar-refractivity contribution in [3.8, 4) is 5.75 Å². The molecule has 2 aliphatic rings. The fraction of sp³-hybridized carbons (Fsp3) is 0.409. The van der Waals surface area contributed by atoms with Crippen LogP contribution in [0.25, 0.3) is 0 Å². The third-order valence-electron chi connectivity index (χ3n) is 5.80. The minimum Gasteiger partial charge on any atom is -0.494 e. The normalized spacial score (nSPS) is 21.5. The van der Waals surface area contributed by atoms with Crippen molar-refractivity contribution in [1.29, 1.82) is 0 Å². The summed E-state index contributed by atoms with van der Waals surface area (Å²) in [5.74, 6) is 0.352. The Labute approximate surface area is 187 Å². The molecule has 0 amide bonds. The second-order valence-electron chi connectivity index (χ2n) is 7.86. The monoisotopic (exact) mass is 465 g/mol. The fourth-order valence-corrected chi connectivity index (χ4v) is 5.76. The molecule has 166 valence electrons. The number of piperidine rings is 1. The minimum absolute atomic E-state index is 0.0361. The fourth-order valence-electron chi connectivity index (χ4n) is 4.21. The van der Waals surface area contributed by atoms with Crippen LogP contribution in [0.5, 0.6) is 5.75 Å². The van der Waals surface area contributed by atoms with Crippen LogP contribution in [0.4, 0.5) is 10.2 Å². The van der Waals surface area contributed by atoms with E-state index in [1.54, 1.807) is 18.2 Å². The first-order valence-electron chi connectivity index (χ1n) is 10.3. The highest BCUT2D eigenvalue weighted by atomic mass is 35.5. The van der Waals surface area contributed by atoms with Crippen LogP contribution in [-0.4, -0.2) is 39.6 Å². The van der Waals surface area contributed by atoms with Crippen molar-refractivity contribution in [2.45, 2.75) is 42.5 Å². The Morgan fingerprint density at radius 2 is 2.16 bits per heavy atom. The lowest BCUT2D eigenvalue weighted by molar-refractivity contribution is 0.379. The molecule has 1 fully saturated rings. The molecule has 31 heavy (non-hydrogen) atoms. The van der Waals surface area contributed by atoms with Gasteiger partial charge in [0, 0.05) is 31.2 Å². The van der Waals surface area contributed by atoms with E-state index in [2.05, 4.69) is 9.71 Å². The third-order valence-corrected chi connectivity index (χ3v) is 7.54. The van der Waals surface area contributed by atoms with Crippen LogP contribution in [-0.2, 0) is 10.0 Å². The zero-order chi connectivity index (χ0) is 22.0. The molecule has 0 bridgehead atoms. The summed E-state index contributed by atoms with van der Waals surface area (Å²) in [6.07, 6.45) is 8.42. The summed E-state index contributed by atoms with van der Waals surface area (Å²) in [4.78, 5) is 6.39. The zero-order valence-corrected chi connectivity index (χ0v) is 18.8. The van der Waals surface area contributed by atoms with Crippen LogP contribution in [0, 0.1) is 5.82 Å². The zero-order valence-electron chi connectivity index (χ0n) is 17.2. The molecule has 0 spiro atoms. The standard InChI is InChI=1S/C22H25ClFN3O3S/c1-30-20-10-4-9-18(21(20)24)15-6-5-11-27(14-15)22-19(23)12-17(13-25-22)31(28,29)26-16-7-2-3-8-16/h2,4,7,9-10,12-13,15-16,26H,3,5-6,8,11,14H2,1H3. The van der Waals surface area contributed by atoms with E-state index >= 15 is 0 Å². The van der Waals surface area contributed by atoms with E-state index in [9.17, 15) is 12.8 Å². The Morgan fingerprint density at radius 3 is 2.87 bits per heavy atom. The summed E-state index contributed by atoms with van der Waals surface area (Å²) in [5, 5.41) is 0.261. The summed E-state index contributed by atoms with van der Waals surface area (Å²) in [5.41, 5.74) is 0.605. The number of hydrogen-bond donors (Lipinski definition) is 1. The van der Waals surface area contributed by atoms with Gasteiger partial charge in [-0.05, 0) is 43.4 Å². The number of nitrogens with one attached hydrogen (secondary N) is 1. The maximum absolute atomic E-state index is 14.8. The first-order valence-corrected chi connectivity index (χ1v) is 12.2. The molecule has 1 aliphatic heterocycles. The number of sulfonamides is 1. The maximum Gasteiger partial charge on any atom is 0.242 e. The molecular weight excluding hydrogens is 441 g/mol. The predicted octanol–water partition coefficient (Wildman–Crippen LogP) is 4.26. The molecule has 4 rings (SSSR count). The van der Waals surface area contributed by atoms with E-state index in [1.165, 1.54) is 19.4 Å². The van der Waals surface area contributed by atoms with Crippen LogP contribution < -0.4 is 14.4 Å². The molecular formula is C22H25ClFN3O3S. The highest BCUT2D eigenvalue weighted by Crippen LogP contribution is 2.35. The summed E-state index contributed by atoms with van der Waals surface area (Å²) in [6, 6.07) is 6.39. The Bertz CT molecular complexity index is 1090. The largest absolute Gasteiger partial charge is 0.494 e. The van der Waals surface area contributed by atoms with Gasteiger partial charge in [-0.15, -0.1) is 0 Å². The molecule has 0 saturated carbocycles. The number of ether oxygens (including phenoxy) is 1. The summed E-state index contributed by atoms with van der Waals surface area (Å²) in [7, 11) is -2.26. The molecule has 2 aromatic rings. The van der Waals surface area contributed by atoms with E-state index in [-0.39, 0.29) is 33.4 Å². The summed E-state index contributed by atoms with van der Waals surface area (Å²) >= 11 is 6.45. The first kappa shape index (κ1) is 22.0. The lowest BCUT2D eigenvalue weighted by Crippen LogP contribution is -2.36. The van der Waals surface area contributed by atoms with Gasteiger partial charge >= 0.3 is 0 Å². The quantitative estimate of drug-likeness (QED) is 0.645. The van der Waals surface area contributed by atoms with Crippen LogP contribution >= 0.6 is 11.6 Å². The summed E-state index contributed by atoms with van der Waals surface area (Å²) in [6.45, 7) is 1.25. The van der Waals surface area contributed by atoms with Gasteiger partial charge in [-0.25, -0.2) is 22.5 Å². The topological polar surface area (TPSA) is 71.5 Å². The molecule has 2 unspecified atom stereocenters. The number of benzene rings is 1. The number of nitrogens with zero attached hydrogens (tertiary/aromatic N) is 2. The van der Waals surface area contributed by atoms with Gasteiger partial charge in [0.05, 0.1) is 12.1 Å². The number of aromatic nitrogens is 1. The molecule has 1 N–H and O–H groups in total. The lowest BCUT2D eigenvalue weighted by atomic mass is 9.90. The van der Waals surface area contributed by atoms with Gasteiger partial charge in [-0.3, -0.25) is 0 Å². The van der Waals surface area contributed by atoms with Crippen molar-refractivity contribution in [2.24, 2.45) is 0 Å². The first-order chi connectivity index (χ1) is 14.9. The van der Waals surface area contributed by atoms with Crippen molar-refractivity contribution in [3.05, 3.63) is 59.0 Å². The Kier molecular flexibility index (Phi) is 6.50. The second-order valence-corrected chi connectivity index (χ2v) is 9.98. The predicted molar refractivity (Wildman–Crippen MR) is 119 cm³/mol. The second kappa shape index (κ2) is 9.14. The summed E-state index contributed by atoms with van der Waals surface area (Å²) < 4.78 is 47.8. The van der Waals surface area contributed by atoms with Crippen LogP contribution in [0.15, 0.2) is 47.5 Å². The number of allylic oxidation sites excluding steroid dienone is 1. The highest BCUT2D eigenvalue weighted by Gasteiger charge is 2.28. The van der Waals surface area contributed by atoms with Crippen molar-refractivity contribution in [3.63, 3.8) is 0 Å². The van der Waals surface area contributed by atoms with E-state index in [1.807, 2.05) is 17.1 Å². The minimum atomic E-state index is -3.71. The SMILES string of the molecule is COc1cccc(C2CCCN(c3ncc(S(=O)(=O)NC4C=CCC4)cc3Cl)C2)c1F.